The maximum atomic E-state index is 13.2. The van der Waals surface area contributed by atoms with E-state index in [1.807, 2.05) is 48.5 Å². The minimum Gasteiger partial charge on any atom is -0.497 e. The monoisotopic (exact) mass is 493 g/mol. The number of benzene rings is 2. The number of piperazine rings is 2. The molecule has 2 saturated heterocycles. The highest BCUT2D eigenvalue weighted by atomic mass is 16.5. The van der Waals surface area contributed by atoms with Crippen LogP contribution in [0, 0.1) is 0 Å². The zero-order valence-corrected chi connectivity index (χ0v) is 21.0. The minimum absolute atomic E-state index is 0.0711. The van der Waals surface area contributed by atoms with E-state index in [9.17, 15) is 14.4 Å². The number of carbonyl (C=O) groups excluding carboxylic acids is 3. The van der Waals surface area contributed by atoms with E-state index in [-0.39, 0.29) is 30.7 Å². The number of methoxy groups -OCH3 is 1. The van der Waals surface area contributed by atoms with E-state index in [2.05, 4.69) is 27.4 Å². The van der Waals surface area contributed by atoms with Gasteiger partial charge in [0.25, 0.3) is 0 Å². The van der Waals surface area contributed by atoms with Crippen molar-refractivity contribution in [1.29, 1.82) is 0 Å². The Hall–Kier alpha value is -3.59. The van der Waals surface area contributed by atoms with E-state index in [1.165, 1.54) is 5.56 Å². The molecule has 0 saturated carbocycles. The van der Waals surface area contributed by atoms with Gasteiger partial charge in [0.05, 0.1) is 20.1 Å². The lowest BCUT2D eigenvalue weighted by Gasteiger charge is -2.39. The van der Waals surface area contributed by atoms with Crippen LogP contribution in [0.15, 0.2) is 48.5 Å². The van der Waals surface area contributed by atoms with Gasteiger partial charge in [-0.3, -0.25) is 19.3 Å². The molecular weight excluding hydrogens is 458 g/mol. The van der Waals surface area contributed by atoms with Gasteiger partial charge in [-0.2, -0.15) is 0 Å². The van der Waals surface area contributed by atoms with E-state index >= 15 is 0 Å². The summed E-state index contributed by atoms with van der Waals surface area (Å²) in [6, 6.07) is 14.8. The topological polar surface area (TPSA) is 94.2 Å². The highest BCUT2D eigenvalue weighted by Crippen LogP contribution is 2.21. The van der Waals surface area contributed by atoms with Crippen molar-refractivity contribution < 1.29 is 19.1 Å². The lowest BCUT2D eigenvalue weighted by atomic mass is 10.1. The number of carbonyl (C=O) groups is 3. The molecule has 0 bridgehead atoms. The van der Waals surface area contributed by atoms with Gasteiger partial charge in [0.1, 0.15) is 11.8 Å². The largest absolute Gasteiger partial charge is 0.497 e. The van der Waals surface area contributed by atoms with Crippen molar-refractivity contribution in [2.24, 2.45) is 0 Å². The van der Waals surface area contributed by atoms with Crippen molar-refractivity contribution in [3.05, 3.63) is 54.1 Å². The number of ether oxygens (including phenoxy) is 1. The molecule has 192 valence electrons. The molecule has 0 radical (unpaired) electrons. The molecule has 2 aliphatic heterocycles. The normalized spacial score (nSPS) is 18.5. The molecule has 4 rings (SSSR count). The van der Waals surface area contributed by atoms with Crippen LogP contribution in [0.3, 0.4) is 0 Å². The number of anilines is 2. The zero-order valence-electron chi connectivity index (χ0n) is 21.0. The van der Waals surface area contributed by atoms with Gasteiger partial charge in [-0.25, -0.2) is 0 Å². The Morgan fingerprint density at radius 2 is 1.69 bits per heavy atom. The number of nitrogens with zero attached hydrogens (tertiary/aromatic N) is 3. The molecule has 1 unspecified atom stereocenters. The van der Waals surface area contributed by atoms with Crippen LogP contribution >= 0.6 is 0 Å². The standard InChI is InChI=1S/C27H35N5O4/c1-3-20-4-6-21(7-5-20)29-25(33)18-24-27(35)28-12-13-32(24)26(34)19-30-14-16-31(17-15-30)22-8-10-23(36-2)11-9-22/h4-11,24H,3,12-19H2,1-2H3,(H,28,35)(H,29,33). The summed E-state index contributed by atoms with van der Waals surface area (Å²) in [6.07, 6.45) is 0.850. The predicted octanol–water partition coefficient (Wildman–Crippen LogP) is 1.74. The summed E-state index contributed by atoms with van der Waals surface area (Å²) in [7, 11) is 1.65. The summed E-state index contributed by atoms with van der Waals surface area (Å²) < 4.78 is 5.23. The third kappa shape index (κ3) is 6.34. The quantitative estimate of drug-likeness (QED) is 0.582. The van der Waals surface area contributed by atoms with Gasteiger partial charge in [-0.1, -0.05) is 19.1 Å². The molecule has 1 atom stereocenters. The third-order valence-corrected chi connectivity index (χ3v) is 6.84. The Morgan fingerprint density at radius 1 is 1.00 bits per heavy atom. The molecule has 0 aliphatic carbocycles. The highest BCUT2D eigenvalue weighted by molar-refractivity contribution is 5.97. The van der Waals surface area contributed by atoms with Crippen LogP contribution in [-0.2, 0) is 20.8 Å². The van der Waals surface area contributed by atoms with Crippen LogP contribution in [0.5, 0.6) is 5.75 Å². The summed E-state index contributed by atoms with van der Waals surface area (Å²) in [5.41, 5.74) is 2.99. The number of hydrogen-bond donors (Lipinski definition) is 2. The fourth-order valence-corrected chi connectivity index (χ4v) is 4.67. The van der Waals surface area contributed by atoms with Crippen molar-refractivity contribution in [3.63, 3.8) is 0 Å². The number of aryl methyl sites for hydroxylation is 1. The van der Waals surface area contributed by atoms with Gasteiger partial charge in [0.2, 0.25) is 17.7 Å². The molecule has 2 heterocycles. The number of rotatable bonds is 8. The fraction of sp³-hybridized carbons (Fsp3) is 0.444. The number of amides is 3. The van der Waals surface area contributed by atoms with E-state index in [0.717, 1.165) is 44.0 Å². The Kier molecular flexibility index (Phi) is 8.43. The fourth-order valence-electron chi connectivity index (χ4n) is 4.67. The summed E-state index contributed by atoms with van der Waals surface area (Å²) in [5, 5.41) is 5.64. The van der Waals surface area contributed by atoms with E-state index in [4.69, 9.17) is 4.74 Å². The summed E-state index contributed by atoms with van der Waals surface area (Å²) in [5.74, 6) is 0.140. The molecule has 36 heavy (non-hydrogen) atoms. The van der Waals surface area contributed by atoms with Crippen molar-refractivity contribution >= 4 is 29.1 Å². The summed E-state index contributed by atoms with van der Waals surface area (Å²) in [6.45, 7) is 6.22. The van der Waals surface area contributed by atoms with Crippen LogP contribution < -0.4 is 20.3 Å². The molecule has 2 N–H and O–H groups in total. The van der Waals surface area contributed by atoms with Crippen molar-refractivity contribution in [1.82, 2.24) is 15.1 Å². The van der Waals surface area contributed by atoms with Gasteiger partial charge in [0, 0.05) is 50.6 Å². The second-order valence-electron chi connectivity index (χ2n) is 9.16. The zero-order chi connectivity index (χ0) is 25.5. The van der Waals surface area contributed by atoms with Crippen LogP contribution in [-0.4, -0.2) is 86.5 Å². The molecule has 2 fully saturated rings. The van der Waals surface area contributed by atoms with Gasteiger partial charge < -0.3 is 25.2 Å². The third-order valence-electron chi connectivity index (χ3n) is 6.84. The van der Waals surface area contributed by atoms with Crippen molar-refractivity contribution in [2.45, 2.75) is 25.8 Å². The van der Waals surface area contributed by atoms with Crippen LogP contribution in [0.1, 0.15) is 18.9 Å². The maximum Gasteiger partial charge on any atom is 0.243 e. The first-order valence-corrected chi connectivity index (χ1v) is 12.5. The lowest BCUT2D eigenvalue weighted by Crippen LogP contribution is -2.60. The first kappa shape index (κ1) is 25.5. The first-order valence-electron chi connectivity index (χ1n) is 12.5. The predicted molar refractivity (Wildman–Crippen MR) is 139 cm³/mol. The number of nitrogens with one attached hydrogen (secondary N) is 2. The Labute approximate surface area is 212 Å². The van der Waals surface area contributed by atoms with Crippen LogP contribution in [0.25, 0.3) is 0 Å². The average Bonchev–Trinajstić information content (AvgIpc) is 2.90. The van der Waals surface area contributed by atoms with Crippen LogP contribution in [0.4, 0.5) is 11.4 Å². The molecule has 0 spiro atoms. The molecular formula is C27H35N5O4. The lowest BCUT2D eigenvalue weighted by molar-refractivity contribution is -0.145. The van der Waals surface area contributed by atoms with Crippen molar-refractivity contribution in [3.8, 4) is 5.75 Å². The summed E-state index contributed by atoms with van der Waals surface area (Å²) >= 11 is 0. The second-order valence-corrected chi connectivity index (χ2v) is 9.16. The SMILES string of the molecule is CCc1ccc(NC(=O)CC2C(=O)NCCN2C(=O)CN2CCN(c3ccc(OC)cc3)CC2)cc1. The van der Waals surface area contributed by atoms with Crippen LogP contribution in [0.2, 0.25) is 0 Å². The Morgan fingerprint density at radius 3 is 2.33 bits per heavy atom. The molecule has 2 aliphatic rings. The smallest absolute Gasteiger partial charge is 0.243 e. The van der Waals surface area contributed by atoms with E-state index in [0.29, 0.717) is 18.8 Å². The molecule has 2 aromatic carbocycles. The molecule has 9 heteroatoms. The highest BCUT2D eigenvalue weighted by Gasteiger charge is 2.35. The molecule has 3 amide bonds. The van der Waals surface area contributed by atoms with Gasteiger partial charge in [-0.05, 0) is 48.4 Å². The Bertz CT molecular complexity index is 1050. The molecule has 9 nitrogen and oxygen atoms in total. The van der Waals surface area contributed by atoms with Crippen molar-refractivity contribution in [2.75, 3.05) is 63.1 Å². The summed E-state index contributed by atoms with van der Waals surface area (Å²) in [4.78, 5) is 44.5. The average molecular weight is 494 g/mol. The minimum atomic E-state index is -0.804. The molecule has 0 aromatic heterocycles. The number of hydrogen-bond acceptors (Lipinski definition) is 6. The van der Waals surface area contributed by atoms with Gasteiger partial charge >= 0.3 is 0 Å². The van der Waals surface area contributed by atoms with Gasteiger partial charge in [-0.15, -0.1) is 0 Å². The van der Waals surface area contributed by atoms with E-state index < -0.39 is 6.04 Å². The second kappa shape index (κ2) is 11.9. The maximum absolute atomic E-state index is 13.2. The van der Waals surface area contributed by atoms with E-state index in [1.54, 1.807) is 12.0 Å². The Balaban J connectivity index is 1.30. The first-order chi connectivity index (χ1) is 17.5. The molecule has 2 aromatic rings. The van der Waals surface area contributed by atoms with Gasteiger partial charge in [0.15, 0.2) is 0 Å².